The van der Waals surface area contributed by atoms with Crippen LogP contribution in [0.1, 0.15) is 24.9 Å². The third-order valence-electron chi connectivity index (χ3n) is 3.66. The smallest absolute Gasteiger partial charge is 0.123 e. The summed E-state index contributed by atoms with van der Waals surface area (Å²) in [6, 6.07) is 6.60. The monoisotopic (exact) mass is 252 g/mol. The van der Waals surface area contributed by atoms with Crippen LogP contribution in [-0.2, 0) is 0 Å². The molecule has 3 atom stereocenters. The molecule has 4 heteroatoms. The van der Waals surface area contributed by atoms with Crippen molar-refractivity contribution in [1.29, 1.82) is 0 Å². The molecular weight excluding hydrogens is 231 g/mol. The molecule has 1 heterocycles. The van der Waals surface area contributed by atoms with E-state index in [-0.39, 0.29) is 24.5 Å². The van der Waals surface area contributed by atoms with Gasteiger partial charge in [-0.1, -0.05) is 12.1 Å². The van der Waals surface area contributed by atoms with Gasteiger partial charge in [0.05, 0.1) is 0 Å². The van der Waals surface area contributed by atoms with Gasteiger partial charge in [-0.25, -0.2) is 4.39 Å². The number of aliphatic hydroxyl groups excluding tert-OH is 1. The van der Waals surface area contributed by atoms with E-state index in [1.807, 2.05) is 13.0 Å². The van der Waals surface area contributed by atoms with Crippen molar-refractivity contribution in [3.8, 4) is 0 Å². The zero-order valence-electron chi connectivity index (χ0n) is 10.7. The van der Waals surface area contributed by atoms with Gasteiger partial charge in [0.15, 0.2) is 0 Å². The second kappa shape index (κ2) is 5.78. The molecule has 0 spiro atoms. The van der Waals surface area contributed by atoms with Gasteiger partial charge in [0.1, 0.15) is 5.82 Å². The van der Waals surface area contributed by atoms with Crippen LogP contribution in [0.25, 0.3) is 0 Å². The summed E-state index contributed by atoms with van der Waals surface area (Å²) in [4.78, 5) is 2.25. The zero-order valence-corrected chi connectivity index (χ0v) is 10.7. The predicted molar refractivity (Wildman–Crippen MR) is 69.6 cm³/mol. The number of halogens is 1. The molecule has 100 valence electrons. The fourth-order valence-electron chi connectivity index (χ4n) is 2.80. The first-order chi connectivity index (χ1) is 8.61. The van der Waals surface area contributed by atoms with Crippen molar-refractivity contribution in [1.82, 2.24) is 4.90 Å². The fourth-order valence-corrected chi connectivity index (χ4v) is 2.80. The topological polar surface area (TPSA) is 49.5 Å². The molecule has 0 aromatic heterocycles. The van der Waals surface area contributed by atoms with Crippen molar-refractivity contribution in [3.05, 3.63) is 35.6 Å². The van der Waals surface area contributed by atoms with Crippen molar-refractivity contribution in [2.45, 2.75) is 25.4 Å². The number of nitrogens with zero attached hydrogens (tertiary/aromatic N) is 1. The second-order valence-electron chi connectivity index (χ2n) is 5.19. The van der Waals surface area contributed by atoms with Gasteiger partial charge in [0, 0.05) is 25.2 Å². The molecule has 18 heavy (non-hydrogen) atoms. The van der Waals surface area contributed by atoms with E-state index in [9.17, 15) is 9.50 Å². The summed E-state index contributed by atoms with van der Waals surface area (Å²) in [6.45, 7) is 3.90. The summed E-state index contributed by atoms with van der Waals surface area (Å²) in [5.41, 5.74) is 6.98. The molecule has 0 saturated carbocycles. The average Bonchev–Trinajstić information content (AvgIpc) is 2.77. The highest BCUT2D eigenvalue weighted by atomic mass is 19.1. The molecule has 0 bridgehead atoms. The van der Waals surface area contributed by atoms with Crippen LogP contribution in [0.2, 0.25) is 0 Å². The Kier molecular flexibility index (Phi) is 4.32. The molecule has 0 amide bonds. The Hall–Kier alpha value is -0.970. The molecule has 0 aliphatic carbocycles. The fraction of sp³-hybridized carbons (Fsp3) is 0.571. The molecule has 1 aromatic rings. The van der Waals surface area contributed by atoms with E-state index in [0.29, 0.717) is 5.92 Å². The molecule has 1 aliphatic rings. The highest BCUT2D eigenvalue weighted by Gasteiger charge is 2.30. The Morgan fingerprint density at radius 2 is 2.33 bits per heavy atom. The second-order valence-corrected chi connectivity index (χ2v) is 5.19. The maximum absolute atomic E-state index is 13.3. The van der Waals surface area contributed by atoms with Gasteiger partial charge >= 0.3 is 0 Å². The van der Waals surface area contributed by atoms with Crippen molar-refractivity contribution in [2.75, 3.05) is 19.7 Å². The third-order valence-corrected chi connectivity index (χ3v) is 3.66. The van der Waals surface area contributed by atoms with E-state index >= 15 is 0 Å². The Morgan fingerprint density at radius 1 is 1.56 bits per heavy atom. The van der Waals surface area contributed by atoms with Crippen LogP contribution in [0.15, 0.2) is 24.3 Å². The summed E-state index contributed by atoms with van der Waals surface area (Å²) >= 11 is 0. The summed E-state index contributed by atoms with van der Waals surface area (Å²) < 4.78 is 13.3. The Labute approximate surface area is 107 Å². The van der Waals surface area contributed by atoms with Crippen LogP contribution in [0, 0.1) is 11.7 Å². The summed E-state index contributed by atoms with van der Waals surface area (Å²) in [6.07, 6.45) is 0.981. The summed E-state index contributed by atoms with van der Waals surface area (Å²) in [5, 5.41) is 9.20. The van der Waals surface area contributed by atoms with Crippen molar-refractivity contribution in [2.24, 2.45) is 11.7 Å². The van der Waals surface area contributed by atoms with Gasteiger partial charge in [-0.15, -0.1) is 0 Å². The van der Waals surface area contributed by atoms with Gasteiger partial charge in [-0.2, -0.15) is 0 Å². The number of aliphatic hydroxyl groups is 1. The first-order valence-corrected chi connectivity index (χ1v) is 6.47. The summed E-state index contributed by atoms with van der Waals surface area (Å²) in [5.74, 6) is 0.0934. The molecule has 1 aromatic carbocycles. The highest BCUT2D eigenvalue weighted by Crippen LogP contribution is 2.29. The lowest BCUT2D eigenvalue weighted by Gasteiger charge is -2.31. The minimum atomic E-state index is -0.226. The summed E-state index contributed by atoms with van der Waals surface area (Å²) in [7, 11) is 0. The molecule has 1 aliphatic heterocycles. The first-order valence-electron chi connectivity index (χ1n) is 6.47. The van der Waals surface area contributed by atoms with Crippen LogP contribution in [0.5, 0.6) is 0 Å². The highest BCUT2D eigenvalue weighted by molar-refractivity contribution is 5.22. The molecule has 0 radical (unpaired) electrons. The van der Waals surface area contributed by atoms with Crippen LogP contribution < -0.4 is 5.73 Å². The van der Waals surface area contributed by atoms with Crippen LogP contribution in [0.4, 0.5) is 4.39 Å². The number of rotatable bonds is 4. The molecule has 1 saturated heterocycles. The van der Waals surface area contributed by atoms with E-state index in [1.165, 1.54) is 6.07 Å². The van der Waals surface area contributed by atoms with Gasteiger partial charge < -0.3 is 10.8 Å². The maximum Gasteiger partial charge on any atom is 0.123 e. The van der Waals surface area contributed by atoms with Crippen molar-refractivity contribution >= 4 is 0 Å². The number of nitrogens with two attached hydrogens (primary N) is 1. The van der Waals surface area contributed by atoms with Gasteiger partial charge in [0.2, 0.25) is 0 Å². The molecule has 3 unspecified atom stereocenters. The maximum atomic E-state index is 13.3. The van der Waals surface area contributed by atoms with E-state index in [4.69, 9.17) is 5.73 Å². The predicted octanol–water partition coefficient (Wildman–Crippen LogP) is 1.53. The number of hydrogen-bond acceptors (Lipinski definition) is 3. The van der Waals surface area contributed by atoms with Crippen LogP contribution >= 0.6 is 0 Å². The van der Waals surface area contributed by atoms with Crippen LogP contribution in [-0.4, -0.2) is 35.7 Å². The molecule has 1 fully saturated rings. The molecule has 3 nitrogen and oxygen atoms in total. The lowest BCUT2D eigenvalue weighted by molar-refractivity contribution is 0.185. The third kappa shape index (κ3) is 2.88. The minimum Gasteiger partial charge on any atom is -0.396 e. The first kappa shape index (κ1) is 13.5. The number of likely N-dealkylation sites (tertiary alicyclic amines) is 1. The minimum absolute atomic E-state index is 0.0252. The van der Waals surface area contributed by atoms with E-state index < -0.39 is 0 Å². The zero-order chi connectivity index (χ0) is 13.1. The van der Waals surface area contributed by atoms with E-state index in [0.717, 1.165) is 25.1 Å². The largest absolute Gasteiger partial charge is 0.396 e. The SMILES string of the molecule is CC(N)C(c1cccc(F)c1)N1CCC(CO)C1. The number of benzene rings is 1. The Morgan fingerprint density at radius 3 is 2.89 bits per heavy atom. The standard InChI is InChI=1S/C14H21FN2O/c1-10(16)14(12-3-2-4-13(15)7-12)17-6-5-11(8-17)9-18/h2-4,7,10-11,14,18H,5-6,8-9,16H2,1H3. The van der Waals surface area contributed by atoms with E-state index in [1.54, 1.807) is 12.1 Å². The molecule has 3 N–H and O–H groups in total. The lowest BCUT2D eigenvalue weighted by atomic mass is 9.99. The Balaban J connectivity index is 2.19. The average molecular weight is 252 g/mol. The van der Waals surface area contributed by atoms with Gasteiger partial charge in [-0.3, -0.25) is 4.90 Å². The quantitative estimate of drug-likeness (QED) is 0.854. The lowest BCUT2D eigenvalue weighted by Crippen LogP contribution is -2.38. The van der Waals surface area contributed by atoms with Gasteiger partial charge in [-0.05, 0) is 43.5 Å². The Bertz CT molecular complexity index is 397. The van der Waals surface area contributed by atoms with Crippen molar-refractivity contribution in [3.63, 3.8) is 0 Å². The normalized spacial score (nSPS) is 24.1. The van der Waals surface area contributed by atoms with E-state index in [2.05, 4.69) is 4.90 Å². The van der Waals surface area contributed by atoms with Gasteiger partial charge in [0.25, 0.3) is 0 Å². The molecular formula is C14H21FN2O. The van der Waals surface area contributed by atoms with Crippen LogP contribution in [0.3, 0.4) is 0 Å². The van der Waals surface area contributed by atoms with Crippen molar-refractivity contribution < 1.29 is 9.50 Å². The molecule has 2 rings (SSSR count). The number of hydrogen-bond donors (Lipinski definition) is 2.